The second-order valence-corrected chi connectivity index (χ2v) is 2.72. The van der Waals surface area contributed by atoms with Crippen LogP contribution in [0.25, 0.3) is 0 Å². The molecule has 6 heteroatoms. The number of aliphatic hydroxyl groups excluding tert-OH is 5. The van der Waals surface area contributed by atoms with Crippen LogP contribution in [0.5, 0.6) is 0 Å². The summed E-state index contributed by atoms with van der Waals surface area (Å²) in [6, 6.07) is 0. The van der Waals surface area contributed by atoms with Gasteiger partial charge >= 0.3 is 0 Å². The average molecular weight is 206 g/mol. The van der Waals surface area contributed by atoms with Crippen molar-refractivity contribution >= 4 is 5.78 Å². The van der Waals surface area contributed by atoms with Crippen LogP contribution in [-0.4, -0.2) is 56.2 Å². The fourth-order valence-electron chi connectivity index (χ4n) is 0.767. The van der Waals surface area contributed by atoms with Gasteiger partial charge in [0.2, 0.25) is 5.78 Å². The molecule has 0 heterocycles. The van der Waals surface area contributed by atoms with Crippen molar-refractivity contribution in [3.63, 3.8) is 0 Å². The lowest BCUT2D eigenvalue weighted by Crippen LogP contribution is -2.44. The minimum atomic E-state index is -1.95. The Labute approximate surface area is 80.7 Å². The molecular weight excluding hydrogens is 192 g/mol. The highest BCUT2D eigenvalue weighted by Gasteiger charge is 2.31. The molecule has 82 valence electrons. The molecule has 3 unspecified atom stereocenters. The van der Waals surface area contributed by atoms with Crippen LogP contribution in [0.3, 0.4) is 0 Å². The molecule has 0 fully saturated rings. The number of aliphatic hydroxyl groups is 5. The number of ketones is 1. The SMILES string of the molecule is CC=C(O)C(=O)C(O)C(O)C(O)CO. The number of rotatable bonds is 5. The summed E-state index contributed by atoms with van der Waals surface area (Å²) in [7, 11) is 0. The Balaban J connectivity index is 4.46. The molecule has 0 aliphatic rings. The lowest BCUT2D eigenvalue weighted by molar-refractivity contribution is -0.138. The summed E-state index contributed by atoms with van der Waals surface area (Å²) >= 11 is 0. The van der Waals surface area contributed by atoms with E-state index in [0.717, 1.165) is 6.08 Å². The zero-order chi connectivity index (χ0) is 11.3. The maximum Gasteiger partial charge on any atom is 0.227 e. The number of Topliss-reactive ketones (excluding diaryl/α,β-unsaturated/α-hetero) is 1. The van der Waals surface area contributed by atoms with E-state index >= 15 is 0 Å². The molecule has 0 rings (SSSR count). The number of hydrogen-bond acceptors (Lipinski definition) is 6. The van der Waals surface area contributed by atoms with Gasteiger partial charge in [-0.3, -0.25) is 4.79 Å². The summed E-state index contributed by atoms with van der Waals surface area (Å²) in [5.41, 5.74) is 0. The largest absolute Gasteiger partial charge is 0.505 e. The summed E-state index contributed by atoms with van der Waals surface area (Å²) in [5.74, 6) is -1.81. The lowest BCUT2D eigenvalue weighted by atomic mass is 10.0. The molecule has 0 saturated carbocycles. The van der Waals surface area contributed by atoms with Gasteiger partial charge in [0.15, 0.2) is 5.76 Å². The van der Waals surface area contributed by atoms with E-state index in [4.69, 9.17) is 25.5 Å². The highest BCUT2D eigenvalue weighted by molar-refractivity contribution is 5.96. The molecule has 0 saturated heterocycles. The molecule has 0 aliphatic carbocycles. The zero-order valence-corrected chi connectivity index (χ0v) is 7.66. The topological polar surface area (TPSA) is 118 Å². The van der Waals surface area contributed by atoms with E-state index in [1.165, 1.54) is 6.92 Å². The van der Waals surface area contributed by atoms with Crippen molar-refractivity contribution in [1.82, 2.24) is 0 Å². The molecule has 0 aromatic rings. The van der Waals surface area contributed by atoms with Gasteiger partial charge in [-0.15, -0.1) is 0 Å². The fraction of sp³-hybridized carbons (Fsp3) is 0.625. The Morgan fingerprint density at radius 1 is 1.36 bits per heavy atom. The third kappa shape index (κ3) is 3.08. The van der Waals surface area contributed by atoms with E-state index in [9.17, 15) is 4.79 Å². The second-order valence-electron chi connectivity index (χ2n) is 2.72. The van der Waals surface area contributed by atoms with Crippen molar-refractivity contribution < 1.29 is 30.3 Å². The molecule has 5 N–H and O–H groups in total. The molecular formula is C8H14O6. The van der Waals surface area contributed by atoms with Crippen molar-refractivity contribution in [2.24, 2.45) is 0 Å². The number of hydrogen-bond donors (Lipinski definition) is 5. The molecule has 14 heavy (non-hydrogen) atoms. The molecule has 0 amide bonds. The summed E-state index contributed by atoms with van der Waals surface area (Å²) in [5, 5.41) is 44.4. The van der Waals surface area contributed by atoms with Gasteiger partial charge in [-0.2, -0.15) is 0 Å². The summed E-state index contributed by atoms with van der Waals surface area (Å²) in [6.45, 7) is 0.580. The molecule has 0 aromatic heterocycles. The number of allylic oxidation sites excluding steroid dienone is 1. The maximum atomic E-state index is 11.0. The first-order valence-electron chi connectivity index (χ1n) is 4.00. The van der Waals surface area contributed by atoms with Gasteiger partial charge in [0.1, 0.15) is 18.3 Å². The Hall–Kier alpha value is -0.950. The van der Waals surface area contributed by atoms with Gasteiger partial charge in [0, 0.05) is 0 Å². The van der Waals surface area contributed by atoms with Crippen molar-refractivity contribution in [3.8, 4) is 0 Å². The van der Waals surface area contributed by atoms with Crippen LogP contribution in [0.2, 0.25) is 0 Å². The summed E-state index contributed by atoms with van der Waals surface area (Å²) in [4.78, 5) is 11.0. The maximum absolute atomic E-state index is 11.0. The van der Waals surface area contributed by atoms with Crippen LogP contribution in [0.4, 0.5) is 0 Å². The monoisotopic (exact) mass is 206 g/mol. The first-order valence-corrected chi connectivity index (χ1v) is 4.00. The number of carbonyl (C=O) groups is 1. The first-order chi connectivity index (χ1) is 6.45. The van der Waals surface area contributed by atoms with Crippen molar-refractivity contribution in [2.45, 2.75) is 25.2 Å². The van der Waals surface area contributed by atoms with E-state index in [1.54, 1.807) is 0 Å². The minimum absolute atomic E-state index is 0.707. The molecule has 0 aromatic carbocycles. The van der Waals surface area contributed by atoms with Gasteiger partial charge in [-0.05, 0) is 13.0 Å². The fourth-order valence-corrected chi connectivity index (χ4v) is 0.767. The Bertz CT molecular complexity index is 224. The van der Waals surface area contributed by atoms with Crippen molar-refractivity contribution in [1.29, 1.82) is 0 Å². The standard InChI is InChI=1S/C8H14O6/c1-2-4(10)6(12)8(14)7(13)5(11)3-9/h2,5,7-11,13-14H,3H2,1H3. The van der Waals surface area contributed by atoms with Gasteiger partial charge in [-0.1, -0.05) is 0 Å². The second kappa shape index (κ2) is 5.71. The lowest BCUT2D eigenvalue weighted by Gasteiger charge is -2.19. The zero-order valence-electron chi connectivity index (χ0n) is 7.66. The van der Waals surface area contributed by atoms with Crippen LogP contribution in [0, 0.1) is 0 Å². The molecule has 0 bridgehead atoms. The van der Waals surface area contributed by atoms with E-state index in [-0.39, 0.29) is 0 Å². The molecule has 0 radical (unpaired) electrons. The summed E-state index contributed by atoms with van der Waals surface area (Å²) in [6.07, 6.45) is -4.36. The normalized spacial score (nSPS) is 18.8. The average Bonchev–Trinajstić information content (AvgIpc) is 2.23. The van der Waals surface area contributed by atoms with Crippen molar-refractivity contribution in [2.75, 3.05) is 6.61 Å². The van der Waals surface area contributed by atoms with Crippen molar-refractivity contribution in [3.05, 3.63) is 11.8 Å². The molecule has 0 spiro atoms. The molecule has 3 atom stereocenters. The quantitative estimate of drug-likeness (QED) is 0.264. The first kappa shape index (κ1) is 13.1. The van der Waals surface area contributed by atoms with Crippen LogP contribution in [-0.2, 0) is 4.79 Å². The van der Waals surface area contributed by atoms with Crippen LogP contribution >= 0.6 is 0 Å². The predicted molar refractivity (Wildman–Crippen MR) is 46.5 cm³/mol. The molecule has 0 aliphatic heterocycles. The smallest absolute Gasteiger partial charge is 0.227 e. The molecule has 6 nitrogen and oxygen atoms in total. The van der Waals surface area contributed by atoms with E-state index in [1.807, 2.05) is 0 Å². The van der Waals surface area contributed by atoms with Crippen LogP contribution in [0.1, 0.15) is 6.92 Å². The van der Waals surface area contributed by atoms with E-state index < -0.39 is 36.5 Å². The van der Waals surface area contributed by atoms with E-state index in [0.29, 0.717) is 0 Å². The third-order valence-electron chi connectivity index (χ3n) is 1.70. The third-order valence-corrected chi connectivity index (χ3v) is 1.70. The van der Waals surface area contributed by atoms with Gasteiger partial charge in [0.05, 0.1) is 6.61 Å². The minimum Gasteiger partial charge on any atom is -0.505 e. The van der Waals surface area contributed by atoms with Gasteiger partial charge < -0.3 is 25.5 Å². The van der Waals surface area contributed by atoms with Gasteiger partial charge in [0.25, 0.3) is 0 Å². The predicted octanol–water partition coefficient (Wildman–Crippen LogP) is -1.91. The Kier molecular flexibility index (Phi) is 5.32. The van der Waals surface area contributed by atoms with Crippen LogP contribution < -0.4 is 0 Å². The highest BCUT2D eigenvalue weighted by atomic mass is 16.4. The van der Waals surface area contributed by atoms with E-state index in [2.05, 4.69) is 0 Å². The summed E-state index contributed by atoms with van der Waals surface area (Å²) < 4.78 is 0. The van der Waals surface area contributed by atoms with Gasteiger partial charge in [-0.25, -0.2) is 0 Å². The number of carbonyl (C=O) groups excluding carboxylic acids is 1. The van der Waals surface area contributed by atoms with Crippen LogP contribution in [0.15, 0.2) is 11.8 Å². The Morgan fingerprint density at radius 3 is 2.21 bits per heavy atom. The Morgan fingerprint density at radius 2 is 1.86 bits per heavy atom. The highest BCUT2D eigenvalue weighted by Crippen LogP contribution is 2.05.